The number of carboxylic acids is 1. The van der Waals surface area contributed by atoms with Crippen molar-refractivity contribution in [2.24, 2.45) is 4.99 Å². The minimum Gasteiger partial charge on any atom is -0.506 e. The van der Waals surface area contributed by atoms with Gasteiger partial charge in [-0.05, 0) is 60.7 Å². The number of carboxylic acid groups (broad SMARTS) is 1. The first kappa shape index (κ1) is 19.0. The summed E-state index contributed by atoms with van der Waals surface area (Å²) in [6.07, 6.45) is 1.68. The number of aliphatic imine (C=N–C) groups is 1. The molecular weight excluding hydrogens is 388 g/mol. The molecule has 2 aromatic carbocycles. The molecule has 27 heavy (non-hydrogen) atoms. The lowest BCUT2D eigenvalue weighted by Gasteiger charge is -2.12. The first-order valence-electron chi connectivity index (χ1n) is 8.01. The molecule has 2 N–H and O–H groups in total. The van der Waals surface area contributed by atoms with E-state index in [0.717, 1.165) is 0 Å². The molecule has 1 fully saturated rings. The predicted molar refractivity (Wildman–Crippen MR) is 107 cm³/mol. The van der Waals surface area contributed by atoms with Gasteiger partial charge in [0.1, 0.15) is 5.75 Å². The molecule has 1 aliphatic heterocycles. The van der Waals surface area contributed by atoms with Crippen LogP contribution in [0, 0.1) is 0 Å². The Morgan fingerprint density at radius 3 is 2.74 bits per heavy atom. The molecule has 1 amide bonds. The molecule has 0 spiro atoms. The number of amides is 1. The van der Waals surface area contributed by atoms with Crippen molar-refractivity contribution in [2.75, 3.05) is 6.54 Å². The summed E-state index contributed by atoms with van der Waals surface area (Å²) in [4.78, 5) is 30.2. The third-order valence-electron chi connectivity index (χ3n) is 3.79. The summed E-state index contributed by atoms with van der Waals surface area (Å²) in [5, 5.41) is 19.3. The van der Waals surface area contributed by atoms with Gasteiger partial charge in [0.2, 0.25) is 0 Å². The number of carbonyl (C=O) groups is 2. The number of phenolic OH excluding ortho intramolecular Hbond substituents is 1. The topological polar surface area (TPSA) is 90.2 Å². The van der Waals surface area contributed by atoms with Gasteiger partial charge >= 0.3 is 5.97 Å². The maximum absolute atomic E-state index is 12.6. The number of aromatic hydroxyl groups is 1. The number of aromatic carboxylic acids is 1. The van der Waals surface area contributed by atoms with Crippen LogP contribution in [0.5, 0.6) is 5.75 Å². The Hall–Kier alpha value is -2.77. The second-order valence-corrected chi connectivity index (χ2v) is 7.04. The molecule has 0 aromatic heterocycles. The normalized spacial score (nSPS) is 17.1. The van der Waals surface area contributed by atoms with Gasteiger partial charge in [-0.2, -0.15) is 0 Å². The number of amidine groups is 1. The fraction of sp³-hybridized carbons (Fsp3) is 0.105. The largest absolute Gasteiger partial charge is 0.506 e. The van der Waals surface area contributed by atoms with E-state index in [4.69, 9.17) is 16.7 Å². The number of phenols is 1. The van der Waals surface area contributed by atoms with Crippen molar-refractivity contribution in [2.45, 2.75) is 6.92 Å². The van der Waals surface area contributed by atoms with Crippen LogP contribution < -0.4 is 0 Å². The van der Waals surface area contributed by atoms with E-state index in [2.05, 4.69) is 4.99 Å². The van der Waals surface area contributed by atoms with E-state index in [0.29, 0.717) is 27.9 Å². The number of rotatable bonds is 4. The first-order valence-corrected chi connectivity index (χ1v) is 9.20. The van der Waals surface area contributed by atoms with Gasteiger partial charge in [-0.25, -0.2) is 9.79 Å². The summed E-state index contributed by atoms with van der Waals surface area (Å²) in [6.45, 7) is 2.26. The highest BCUT2D eigenvalue weighted by atomic mass is 35.5. The van der Waals surface area contributed by atoms with Crippen LogP contribution in [-0.4, -0.2) is 38.7 Å². The average Bonchev–Trinajstić information content (AvgIpc) is 2.93. The van der Waals surface area contributed by atoms with Crippen LogP contribution >= 0.6 is 23.4 Å². The minimum atomic E-state index is -1.04. The summed E-state index contributed by atoms with van der Waals surface area (Å²) in [6, 6.07) is 10.9. The Labute approximate surface area is 164 Å². The van der Waals surface area contributed by atoms with E-state index in [9.17, 15) is 14.7 Å². The van der Waals surface area contributed by atoms with Gasteiger partial charge in [-0.1, -0.05) is 23.7 Å². The van der Waals surface area contributed by atoms with Crippen LogP contribution in [0.25, 0.3) is 6.08 Å². The van der Waals surface area contributed by atoms with Gasteiger partial charge in [0.15, 0.2) is 5.17 Å². The maximum atomic E-state index is 12.6. The highest BCUT2D eigenvalue weighted by molar-refractivity contribution is 8.18. The third-order valence-corrected chi connectivity index (χ3v) is 5.10. The van der Waals surface area contributed by atoms with Crippen molar-refractivity contribution in [3.05, 3.63) is 63.5 Å². The number of hydrogen-bond donors (Lipinski definition) is 2. The Morgan fingerprint density at radius 2 is 2.07 bits per heavy atom. The molecule has 1 saturated heterocycles. The second kappa shape index (κ2) is 7.85. The molecule has 0 atom stereocenters. The summed E-state index contributed by atoms with van der Waals surface area (Å²) < 4.78 is 0. The van der Waals surface area contributed by atoms with Gasteiger partial charge in [-0.15, -0.1) is 0 Å². The predicted octanol–water partition coefficient (Wildman–Crippen LogP) is 4.37. The molecule has 0 radical (unpaired) electrons. The van der Waals surface area contributed by atoms with Crippen LogP contribution in [0.1, 0.15) is 22.8 Å². The number of thioether (sulfide) groups is 1. The van der Waals surface area contributed by atoms with Crippen LogP contribution in [0.2, 0.25) is 5.02 Å². The zero-order valence-electron chi connectivity index (χ0n) is 14.2. The van der Waals surface area contributed by atoms with E-state index < -0.39 is 5.97 Å². The Kier molecular flexibility index (Phi) is 5.53. The summed E-state index contributed by atoms with van der Waals surface area (Å²) >= 11 is 7.11. The maximum Gasteiger partial charge on any atom is 0.335 e. The Morgan fingerprint density at radius 1 is 1.30 bits per heavy atom. The number of nitrogens with zero attached hydrogens (tertiary/aromatic N) is 2. The summed E-state index contributed by atoms with van der Waals surface area (Å²) in [7, 11) is 0. The van der Waals surface area contributed by atoms with Crippen LogP contribution in [0.4, 0.5) is 5.69 Å². The molecule has 138 valence electrons. The molecule has 1 heterocycles. The Balaban J connectivity index is 1.94. The molecule has 6 nitrogen and oxygen atoms in total. The number of benzene rings is 2. The molecule has 0 aliphatic carbocycles. The van der Waals surface area contributed by atoms with Crippen LogP contribution in [0.3, 0.4) is 0 Å². The number of halogens is 1. The zero-order chi connectivity index (χ0) is 19.6. The highest BCUT2D eigenvalue weighted by Gasteiger charge is 2.32. The van der Waals surface area contributed by atoms with Gasteiger partial charge < -0.3 is 10.2 Å². The molecule has 1 aliphatic rings. The zero-order valence-corrected chi connectivity index (χ0v) is 15.8. The van der Waals surface area contributed by atoms with E-state index in [1.54, 1.807) is 30.3 Å². The van der Waals surface area contributed by atoms with E-state index >= 15 is 0 Å². The lowest BCUT2D eigenvalue weighted by Crippen LogP contribution is -2.28. The van der Waals surface area contributed by atoms with Gasteiger partial charge in [0.05, 0.1) is 21.2 Å². The molecule has 0 unspecified atom stereocenters. The van der Waals surface area contributed by atoms with Crippen LogP contribution in [0.15, 0.2) is 52.4 Å². The molecule has 8 heteroatoms. The monoisotopic (exact) mass is 402 g/mol. The molecular formula is C19H15ClN2O4S. The standard InChI is InChI=1S/C19H15ClN2O4S/c1-2-22-17(24)16(9-11-6-7-15(23)14(20)8-11)27-19(22)21-13-5-3-4-12(10-13)18(25)26/h3-10,23H,2H2,1H3,(H,25,26)/b16-9-,21-19?. The van der Waals surface area contributed by atoms with Gasteiger partial charge in [-0.3, -0.25) is 9.69 Å². The average molecular weight is 403 g/mol. The molecule has 2 aromatic rings. The fourth-order valence-electron chi connectivity index (χ4n) is 2.45. The lowest BCUT2D eigenvalue weighted by molar-refractivity contribution is -0.122. The van der Waals surface area contributed by atoms with E-state index in [1.807, 2.05) is 6.92 Å². The van der Waals surface area contributed by atoms with Crippen molar-refractivity contribution in [3.63, 3.8) is 0 Å². The first-order chi connectivity index (χ1) is 12.9. The van der Waals surface area contributed by atoms with Crippen molar-refractivity contribution < 1.29 is 19.8 Å². The summed E-state index contributed by atoms with van der Waals surface area (Å²) in [5.41, 5.74) is 1.26. The Bertz CT molecular complexity index is 987. The second-order valence-electron chi connectivity index (χ2n) is 5.62. The van der Waals surface area contributed by atoms with Gasteiger partial charge in [0.25, 0.3) is 5.91 Å². The van der Waals surface area contributed by atoms with Crippen molar-refractivity contribution >= 4 is 52.2 Å². The smallest absolute Gasteiger partial charge is 0.335 e. The van der Waals surface area contributed by atoms with Crippen molar-refractivity contribution in [1.29, 1.82) is 0 Å². The molecule has 3 rings (SSSR count). The third kappa shape index (κ3) is 4.15. The van der Waals surface area contributed by atoms with Crippen LogP contribution in [-0.2, 0) is 4.79 Å². The van der Waals surface area contributed by atoms with E-state index in [-0.39, 0.29) is 22.2 Å². The lowest BCUT2D eigenvalue weighted by atomic mass is 10.2. The fourth-order valence-corrected chi connectivity index (χ4v) is 3.70. The number of likely N-dealkylation sites (N-methyl/N-ethyl adjacent to an activating group) is 1. The quantitative estimate of drug-likeness (QED) is 0.741. The highest BCUT2D eigenvalue weighted by Crippen LogP contribution is 2.35. The summed E-state index contributed by atoms with van der Waals surface area (Å²) in [5.74, 6) is -1.26. The molecule has 0 bridgehead atoms. The number of carbonyl (C=O) groups excluding carboxylic acids is 1. The van der Waals surface area contributed by atoms with Crippen molar-refractivity contribution in [3.8, 4) is 5.75 Å². The molecule has 0 saturated carbocycles. The van der Waals surface area contributed by atoms with E-state index in [1.165, 1.54) is 34.9 Å². The van der Waals surface area contributed by atoms with Crippen molar-refractivity contribution in [1.82, 2.24) is 4.90 Å². The minimum absolute atomic E-state index is 0.0278. The van der Waals surface area contributed by atoms with Gasteiger partial charge in [0, 0.05) is 6.54 Å². The SMILES string of the molecule is CCN1C(=O)/C(=C/c2ccc(O)c(Cl)c2)SC1=Nc1cccc(C(=O)O)c1. The number of hydrogen-bond acceptors (Lipinski definition) is 5.